The Labute approximate surface area is 156 Å². The van der Waals surface area contributed by atoms with Gasteiger partial charge in [-0.1, -0.05) is 31.9 Å². The number of rotatable bonds is 4. The van der Waals surface area contributed by atoms with Crippen molar-refractivity contribution >= 4 is 11.8 Å². The second kappa shape index (κ2) is 9.06. The molecule has 3 rings (SSSR count). The molecule has 0 saturated carbocycles. The summed E-state index contributed by atoms with van der Waals surface area (Å²) in [7, 11) is 0. The van der Waals surface area contributed by atoms with Crippen LogP contribution >= 0.6 is 0 Å². The summed E-state index contributed by atoms with van der Waals surface area (Å²) in [6.45, 7) is 5.40. The highest BCUT2D eigenvalue weighted by atomic mass is 16.5. The van der Waals surface area contributed by atoms with E-state index >= 15 is 0 Å². The molecule has 0 spiro atoms. The number of ether oxygens (including phenoxy) is 1. The molecule has 2 saturated heterocycles. The molecule has 1 atom stereocenters. The van der Waals surface area contributed by atoms with Gasteiger partial charge in [-0.15, -0.1) is 0 Å². The highest BCUT2D eigenvalue weighted by Crippen LogP contribution is 2.23. The van der Waals surface area contributed by atoms with Crippen LogP contribution in [-0.2, 0) is 4.79 Å². The maximum atomic E-state index is 12.9. The molecule has 2 fully saturated rings. The number of benzene rings is 1. The average molecular weight is 358 g/mol. The molecule has 0 N–H and O–H groups in total. The Morgan fingerprint density at radius 1 is 1.00 bits per heavy atom. The number of hydrogen-bond acceptors (Lipinski definition) is 3. The van der Waals surface area contributed by atoms with Crippen LogP contribution in [0.3, 0.4) is 0 Å². The number of carbonyl (C=O) groups excluding carboxylic acids is 2. The third kappa shape index (κ3) is 4.77. The quantitative estimate of drug-likeness (QED) is 0.829. The van der Waals surface area contributed by atoms with Gasteiger partial charge in [0.15, 0.2) is 6.61 Å². The number of amides is 2. The van der Waals surface area contributed by atoms with E-state index in [2.05, 4.69) is 6.92 Å². The van der Waals surface area contributed by atoms with Gasteiger partial charge in [0.05, 0.1) is 5.56 Å². The Bertz CT molecular complexity index is 623. The van der Waals surface area contributed by atoms with Gasteiger partial charge in [-0.25, -0.2) is 0 Å². The van der Waals surface area contributed by atoms with Crippen molar-refractivity contribution in [3.05, 3.63) is 29.8 Å². The lowest BCUT2D eigenvalue weighted by Crippen LogP contribution is -2.39. The molecule has 26 heavy (non-hydrogen) atoms. The Hall–Kier alpha value is -2.04. The van der Waals surface area contributed by atoms with Crippen molar-refractivity contribution < 1.29 is 14.3 Å². The Kier molecular flexibility index (Phi) is 6.53. The minimum atomic E-state index is 0.000691. The monoisotopic (exact) mass is 358 g/mol. The zero-order valence-electron chi connectivity index (χ0n) is 15.8. The summed E-state index contributed by atoms with van der Waals surface area (Å²) in [5.41, 5.74) is 0.560. The predicted octanol–water partition coefficient (Wildman–Crippen LogP) is 3.34. The fourth-order valence-electron chi connectivity index (χ4n) is 3.86. The molecular weight excluding hydrogens is 328 g/mol. The van der Waals surface area contributed by atoms with Crippen LogP contribution in [0.5, 0.6) is 5.75 Å². The van der Waals surface area contributed by atoms with Crippen molar-refractivity contribution in [3.63, 3.8) is 0 Å². The van der Waals surface area contributed by atoms with Crippen molar-refractivity contribution in [2.24, 2.45) is 5.92 Å². The van der Waals surface area contributed by atoms with Crippen LogP contribution in [0.1, 0.15) is 55.8 Å². The van der Waals surface area contributed by atoms with E-state index in [4.69, 9.17) is 4.74 Å². The van der Waals surface area contributed by atoms with Gasteiger partial charge in [-0.05, 0) is 43.7 Å². The van der Waals surface area contributed by atoms with E-state index < -0.39 is 0 Å². The van der Waals surface area contributed by atoms with Gasteiger partial charge in [0.2, 0.25) is 0 Å². The molecule has 2 amide bonds. The number of nitrogens with zero attached hydrogens (tertiary/aromatic N) is 2. The van der Waals surface area contributed by atoms with Crippen molar-refractivity contribution in [3.8, 4) is 5.75 Å². The van der Waals surface area contributed by atoms with Gasteiger partial charge >= 0.3 is 0 Å². The van der Waals surface area contributed by atoms with Crippen LogP contribution in [0.15, 0.2) is 24.3 Å². The first-order chi connectivity index (χ1) is 12.6. The molecule has 1 aromatic carbocycles. The normalized spacial score (nSPS) is 21.2. The van der Waals surface area contributed by atoms with E-state index in [0.29, 0.717) is 17.2 Å². The van der Waals surface area contributed by atoms with Crippen molar-refractivity contribution in [1.29, 1.82) is 0 Å². The number of piperidine rings is 1. The predicted molar refractivity (Wildman–Crippen MR) is 101 cm³/mol. The van der Waals surface area contributed by atoms with E-state index in [-0.39, 0.29) is 18.4 Å². The van der Waals surface area contributed by atoms with E-state index in [1.165, 1.54) is 19.3 Å². The molecule has 0 aliphatic carbocycles. The lowest BCUT2D eigenvalue weighted by molar-refractivity contribution is -0.133. The first-order valence-electron chi connectivity index (χ1n) is 9.94. The lowest BCUT2D eigenvalue weighted by Gasteiger charge is -2.31. The molecular formula is C21H30N2O3. The molecule has 0 aromatic heterocycles. The van der Waals surface area contributed by atoms with Gasteiger partial charge in [0.25, 0.3) is 11.8 Å². The minimum Gasteiger partial charge on any atom is -0.483 e. The third-order valence-corrected chi connectivity index (χ3v) is 5.37. The summed E-state index contributed by atoms with van der Waals surface area (Å²) in [5.74, 6) is 1.07. The van der Waals surface area contributed by atoms with E-state index in [1.807, 2.05) is 21.9 Å². The third-order valence-electron chi connectivity index (χ3n) is 5.37. The van der Waals surface area contributed by atoms with Gasteiger partial charge in [0.1, 0.15) is 5.75 Å². The molecule has 2 aliphatic heterocycles. The van der Waals surface area contributed by atoms with Crippen LogP contribution in [0.25, 0.3) is 0 Å². The maximum Gasteiger partial charge on any atom is 0.260 e. The van der Waals surface area contributed by atoms with Gasteiger partial charge in [-0.3, -0.25) is 9.59 Å². The summed E-state index contributed by atoms with van der Waals surface area (Å²) >= 11 is 0. The Morgan fingerprint density at radius 2 is 1.69 bits per heavy atom. The van der Waals surface area contributed by atoms with Crippen LogP contribution in [0, 0.1) is 5.92 Å². The van der Waals surface area contributed by atoms with E-state index in [1.54, 1.807) is 12.1 Å². The average Bonchev–Trinajstić information content (AvgIpc) is 2.95. The van der Waals surface area contributed by atoms with Crippen LogP contribution in [0.4, 0.5) is 0 Å². The SMILES string of the molecule is CC1CCCN(C(=O)c2ccccc2OCC(=O)N2CCCCCC2)C1. The summed E-state index contributed by atoms with van der Waals surface area (Å²) < 4.78 is 5.79. The number of hydrogen-bond donors (Lipinski definition) is 0. The van der Waals surface area contributed by atoms with Crippen LogP contribution in [-0.4, -0.2) is 54.4 Å². The molecule has 1 unspecified atom stereocenters. The van der Waals surface area contributed by atoms with Crippen LogP contribution < -0.4 is 4.74 Å². The van der Waals surface area contributed by atoms with Crippen molar-refractivity contribution in [1.82, 2.24) is 9.80 Å². The fraction of sp³-hybridized carbons (Fsp3) is 0.619. The largest absolute Gasteiger partial charge is 0.483 e. The summed E-state index contributed by atoms with van der Waals surface area (Å²) in [6, 6.07) is 7.29. The van der Waals surface area contributed by atoms with Gasteiger partial charge < -0.3 is 14.5 Å². The maximum absolute atomic E-state index is 12.9. The molecule has 1 aromatic rings. The molecule has 2 heterocycles. The fourth-order valence-corrected chi connectivity index (χ4v) is 3.86. The Morgan fingerprint density at radius 3 is 2.42 bits per heavy atom. The number of carbonyl (C=O) groups is 2. The zero-order valence-corrected chi connectivity index (χ0v) is 15.8. The molecule has 2 aliphatic rings. The second-order valence-corrected chi connectivity index (χ2v) is 7.58. The molecule has 5 heteroatoms. The lowest BCUT2D eigenvalue weighted by atomic mass is 9.99. The summed E-state index contributed by atoms with van der Waals surface area (Å²) in [4.78, 5) is 29.2. The standard InChI is InChI=1S/C21H30N2O3/c1-17-9-8-14-23(15-17)21(25)18-10-4-5-11-19(18)26-16-20(24)22-12-6-2-3-7-13-22/h4-5,10-11,17H,2-3,6-9,12-16H2,1H3. The highest BCUT2D eigenvalue weighted by molar-refractivity contribution is 5.97. The Balaban J connectivity index is 1.63. The molecule has 0 radical (unpaired) electrons. The van der Waals surface area contributed by atoms with Crippen molar-refractivity contribution in [2.75, 3.05) is 32.8 Å². The molecule has 5 nitrogen and oxygen atoms in total. The summed E-state index contributed by atoms with van der Waals surface area (Å²) in [6.07, 6.45) is 6.73. The topological polar surface area (TPSA) is 49.9 Å². The smallest absolute Gasteiger partial charge is 0.260 e. The van der Waals surface area contributed by atoms with Crippen LogP contribution in [0.2, 0.25) is 0 Å². The number of likely N-dealkylation sites (tertiary alicyclic amines) is 2. The van der Waals surface area contributed by atoms with Gasteiger partial charge in [0, 0.05) is 26.2 Å². The first kappa shape index (κ1) is 18.7. The van der Waals surface area contributed by atoms with E-state index in [0.717, 1.165) is 45.4 Å². The minimum absolute atomic E-state index is 0.000691. The zero-order chi connectivity index (χ0) is 18.4. The first-order valence-corrected chi connectivity index (χ1v) is 9.94. The van der Waals surface area contributed by atoms with Crippen molar-refractivity contribution in [2.45, 2.75) is 45.4 Å². The summed E-state index contributed by atoms with van der Waals surface area (Å²) in [5, 5.41) is 0. The highest BCUT2D eigenvalue weighted by Gasteiger charge is 2.24. The van der Waals surface area contributed by atoms with Gasteiger partial charge in [-0.2, -0.15) is 0 Å². The van der Waals surface area contributed by atoms with E-state index in [9.17, 15) is 9.59 Å². The second-order valence-electron chi connectivity index (χ2n) is 7.58. The molecule has 0 bridgehead atoms. The number of para-hydroxylation sites is 1. The molecule has 142 valence electrons.